The molecular weight excluding hydrogens is 260 g/mol. The Labute approximate surface area is 107 Å². The molecule has 1 saturated carbocycles. The molecule has 0 bridgehead atoms. The molecule has 0 saturated heterocycles. The topological polar surface area (TPSA) is 64.7 Å². The van der Waals surface area contributed by atoms with Crippen molar-refractivity contribution in [2.24, 2.45) is 0 Å². The third-order valence-electron chi connectivity index (χ3n) is 2.37. The molecule has 17 heavy (non-hydrogen) atoms. The summed E-state index contributed by atoms with van der Waals surface area (Å²) in [5.41, 5.74) is 0. The molecule has 0 amide bonds. The van der Waals surface area contributed by atoms with E-state index in [4.69, 9.17) is 16.1 Å². The first kappa shape index (κ1) is 11.0. The predicted octanol–water partition coefficient (Wildman–Crippen LogP) is 2.68. The Morgan fingerprint density at radius 2 is 2.24 bits per heavy atom. The van der Waals surface area contributed by atoms with Gasteiger partial charge in [0, 0.05) is 5.92 Å². The quantitative estimate of drug-likeness (QED) is 0.795. The first-order valence-corrected chi connectivity index (χ1v) is 6.62. The maximum atomic E-state index is 5.65. The SMILES string of the molecule is Clc1ccc(SCc2noc(C3CC3)n2)nn1. The van der Waals surface area contributed by atoms with Gasteiger partial charge >= 0.3 is 0 Å². The molecule has 0 radical (unpaired) electrons. The molecular formula is C10H9ClN4OS. The summed E-state index contributed by atoms with van der Waals surface area (Å²) >= 11 is 7.16. The van der Waals surface area contributed by atoms with E-state index < -0.39 is 0 Å². The smallest absolute Gasteiger partial charge is 0.229 e. The third-order valence-corrected chi connectivity index (χ3v) is 3.48. The largest absolute Gasteiger partial charge is 0.339 e. The Morgan fingerprint density at radius 3 is 2.94 bits per heavy atom. The average Bonchev–Trinajstić information content (AvgIpc) is 3.09. The summed E-state index contributed by atoms with van der Waals surface area (Å²) in [6.07, 6.45) is 2.33. The third kappa shape index (κ3) is 2.76. The molecule has 2 aromatic heterocycles. The van der Waals surface area contributed by atoms with Crippen molar-refractivity contribution in [3.63, 3.8) is 0 Å². The molecule has 7 heteroatoms. The van der Waals surface area contributed by atoms with Crippen molar-refractivity contribution in [3.05, 3.63) is 29.0 Å². The van der Waals surface area contributed by atoms with Gasteiger partial charge in [0.25, 0.3) is 0 Å². The van der Waals surface area contributed by atoms with Gasteiger partial charge in [-0.3, -0.25) is 0 Å². The van der Waals surface area contributed by atoms with E-state index in [2.05, 4.69) is 20.3 Å². The van der Waals surface area contributed by atoms with Crippen molar-refractivity contribution in [1.82, 2.24) is 20.3 Å². The number of rotatable bonds is 4. The van der Waals surface area contributed by atoms with Crippen LogP contribution in [0, 0.1) is 0 Å². The lowest BCUT2D eigenvalue weighted by Crippen LogP contribution is -1.88. The van der Waals surface area contributed by atoms with Crippen molar-refractivity contribution in [2.75, 3.05) is 0 Å². The minimum Gasteiger partial charge on any atom is -0.339 e. The van der Waals surface area contributed by atoms with Crippen LogP contribution in [-0.4, -0.2) is 20.3 Å². The zero-order valence-corrected chi connectivity index (χ0v) is 10.4. The van der Waals surface area contributed by atoms with Crippen molar-refractivity contribution >= 4 is 23.4 Å². The highest BCUT2D eigenvalue weighted by Gasteiger charge is 2.29. The van der Waals surface area contributed by atoms with E-state index in [-0.39, 0.29) is 0 Å². The Bertz CT molecular complexity index is 511. The van der Waals surface area contributed by atoms with Gasteiger partial charge in [-0.2, -0.15) is 4.98 Å². The van der Waals surface area contributed by atoms with Crippen LogP contribution < -0.4 is 0 Å². The van der Waals surface area contributed by atoms with Gasteiger partial charge < -0.3 is 4.52 Å². The average molecular weight is 269 g/mol. The van der Waals surface area contributed by atoms with Crippen molar-refractivity contribution in [1.29, 1.82) is 0 Å². The molecule has 2 aromatic rings. The Kier molecular flexibility index (Phi) is 2.98. The molecule has 1 aliphatic rings. The number of halogens is 1. The fourth-order valence-corrected chi connectivity index (χ4v) is 2.10. The van der Waals surface area contributed by atoms with Gasteiger partial charge in [-0.05, 0) is 25.0 Å². The highest BCUT2D eigenvalue weighted by atomic mass is 35.5. The summed E-state index contributed by atoms with van der Waals surface area (Å²) in [5.74, 6) is 2.60. The van der Waals surface area contributed by atoms with Crippen LogP contribution >= 0.6 is 23.4 Å². The Hall–Kier alpha value is -1.14. The zero-order chi connectivity index (χ0) is 11.7. The second kappa shape index (κ2) is 4.62. The van der Waals surface area contributed by atoms with Crippen molar-refractivity contribution in [3.8, 4) is 0 Å². The van der Waals surface area contributed by atoms with E-state index in [1.807, 2.05) is 6.07 Å². The van der Waals surface area contributed by atoms with E-state index in [1.165, 1.54) is 11.8 Å². The molecule has 5 nitrogen and oxygen atoms in total. The number of hydrogen-bond donors (Lipinski definition) is 0. The van der Waals surface area contributed by atoms with Gasteiger partial charge in [0.05, 0.1) is 5.75 Å². The molecule has 88 valence electrons. The first-order chi connectivity index (χ1) is 8.31. The van der Waals surface area contributed by atoms with E-state index in [0.29, 0.717) is 22.6 Å². The van der Waals surface area contributed by atoms with Crippen LogP contribution in [0.2, 0.25) is 5.15 Å². The van der Waals surface area contributed by atoms with Gasteiger partial charge in [0.2, 0.25) is 5.89 Å². The summed E-state index contributed by atoms with van der Waals surface area (Å²) in [4.78, 5) is 4.33. The van der Waals surface area contributed by atoms with Gasteiger partial charge in [0.1, 0.15) is 5.03 Å². The summed E-state index contributed by atoms with van der Waals surface area (Å²) in [6.45, 7) is 0. The normalized spacial score (nSPS) is 15.1. The van der Waals surface area contributed by atoms with Crippen LogP contribution in [0.5, 0.6) is 0 Å². The lowest BCUT2D eigenvalue weighted by molar-refractivity contribution is 0.375. The molecule has 2 heterocycles. The highest BCUT2D eigenvalue weighted by molar-refractivity contribution is 7.98. The van der Waals surface area contributed by atoms with Crippen LogP contribution in [0.25, 0.3) is 0 Å². The summed E-state index contributed by atoms with van der Waals surface area (Å²) in [7, 11) is 0. The van der Waals surface area contributed by atoms with Crippen molar-refractivity contribution < 1.29 is 4.52 Å². The molecule has 0 atom stereocenters. The minimum absolute atomic E-state index is 0.393. The van der Waals surface area contributed by atoms with Crippen LogP contribution in [0.3, 0.4) is 0 Å². The van der Waals surface area contributed by atoms with Crippen LogP contribution in [0.15, 0.2) is 21.7 Å². The zero-order valence-electron chi connectivity index (χ0n) is 8.84. The Balaban J connectivity index is 1.60. The highest BCUT2D eigenvalue weighted by Crippen LogP contribution is 2.39. The predicted molar refractivity (Wildman–Crippen MR) is 62.9 cm³/mol. The van der Waals surface area contributed by atoms with E-state index in [9.17, 15) is 0 Å². The van der Waals surface area contributed by atoms with Crippen LogP contribution in [0.1, 0.15) is 30.5 Å². The number of aromatic nitrogens is 4. The van der Waals surface area contributed by atoms with E-state index >= 15 is 0 Å². The minimum atomic E-state index is 0.393. The summed E-state index contributed by atoms with van der Waals surface area (Å²) in [6, 6.07) is 3.53. The monoisotopic (exact) mass is 268 g/mol. The standard InChI is InChI=1S/C10H9ClN4OS/c11-7-3-4-9(14-13-7)17-5-8-12-10(16-15-8)6-1-2-6/h3-4,6H,1-2,5H2. The molecule has 1 aliphatic carbocycles. The van der Waals surface area contributed by atoms with E-state index in [0.717, 1.165) is 23.8 Å². The lowest BCUT2D eigenvalue weighted by atomic mass is 10.4. The maximum Gasteiger partial charge on any atom is 0.229 e. The Morgan fingerprint density at radius 1 is 1.35 bits per heavy atom. The molecule has 0 aliphatic heterocycles. The van der Waals surface area contributed by atoms with Crippen LogP contribution in [-0.2, 0) is 5.75 Å². The number of hydrogen-bond acceptors (Lipinski definition) is 6. The summed E-state index contributed by atoms with van der Waals surface area (Å²) in [5, 5.41) is 12.8. The second-order valence-electron chi connectivity index (χ2n) is 3.81. The van der Waals surface area contributed by atoms with Gasteiger partial charge in [-0.25, -0.2) is 0 Å². The first-order valence-electron chi connectivity index (χ1n) is 5.26. The van der Waals surface area contributed by atoms with E-state index in [1.54, 1.807) is 6.07 Å². The molecule has 3 rings (SSSR count). The summed E-state index contributed by atoms with van der Waals surface area (Å²) < 4.78 is 5.16. The van der Waals surface area contributed by atoms with Gasteiger partial charge in [-0.1, -0.05) is 28.5 Å². The molecule has 0 aromatic carbocycles. The van der Waals surface area contributed by atoms with Gasteiger partial charge in [0.15, 0.2) is 11.0 Å². The fraction of sp³-hybridized carbons (Fsp3) is 0.400. The number of nitrogens with zero attached hydrogens (tertiary/aromatic N) is 4. The van der Waals surface area contributed by atoms with Crippen LogP contribution in [0.4, 0.5) is 0 Å². The van der Waals surface area contributed by atoms with Gasteiger partial charge in [-0.15, -0.1) is 10.2 Å². The molecule has 0 unspecified atom stereocenters. The second-order valence-corrected chi connectivity index (χ2v) is 5.19. The molecule has 1 fully saturated rings. The lowest BCUT2D eigenvalue weighted by Gasteiger charge is -1.95. The molecule has 0 spiro atoms. The molecule has 0 N–H and O–H groups in total. The maximum absolute atomic E-state index is 5.65. The fourth-order valence-electron chi connectivity index (χ4n) is 1.34. The number of thioether (sulfide) groups is 1. The van der Waals surface area contributed by atoms with Crippen molar-refractivity contribution in [2.45, 2.75) is 29.5 Å².